The van der Waals surface area contributed by atoms with E-state index in [9.17, 15) is 14.0 Å². The average Bonchev–Trinajstić information content (AvgIpc) is 2.27. The molecule has 0 aliphatic rings. The molecule has 0 spiro atoms. The molecule has 0 aromatic carbocycles. The Balaban J connectivity index is 2.69. The van der Waals surface area contributed by atoms with E-state index in [-0.39, 0.29) is 5.56 Å². The number of carbonyl (C=O) groups is 2. The standard InChI is InChI=1S/C10H11FN2O3/c1-6(10(15)16-2)13-9(14)7-3-4-12-8(11)5-7/h3-6H,1-2H3,(H,13,14). The first-order valence-electron chi connectivity index (χ1n) is 4.55. The zero-order valence-corrected chi connectivity index (χ0v) is 8.86. The second-order valence-corrected chi connectivity index (χ2v) is 3.09. The van der Waals surface area contributed by atoms with Gasteiger partial charge in [0.15, 0.2) is 0 Å². The Morgan fingerprint density at radius 2 is 2.25 bits per heavy atom. The van der Waals surface area contributed by atoms with Gasteiger partial charge < -0.3 is 10.1 Å². The number of rotatable bonds is 3. The van der Waals surface area contributed by atoms with Crippen LogP contribution in [0.2, 0.25) is 0 Å². The summed E-state index contributed by atoms with van der Waals surface area (Å²) < 4.78 is 17.1. The molecule has 1 amide bonds. The number of pyridine rings is 1. The summed E-state index contributed by atoms with van der Waals surface area (Å²) in [4.78, 5) is 25.9. The lowest BCUT2D eigenvalue weighted by Crippen LogP contribution is -2.39. The van der Waals surface area contributed by atoms with Crippen molar-refractivity contribution in [2.45, 2.75) is 13.0 Å². The molecule has 86 valence electrons. The number of carbonyl (C=O) groups excluding carboxylic acids is 2. The molecule has 6 heteroatoms. The van der Waals surface area contributed by atoms with Gasteiger partial charge in [-0.1, -0.05) is 0 Å². The number of nitrogens with zero attached hydrogens (tertiary/aromatic N) is 1. The fourth-order valence-electron chi connectivity index (χ4n) is 1.06. The lowest BCUT2D eigenvalue weighted by Gasteiger charge is -2.11. The fourth-order valence-corrected chi connectivity index (χ4v) is 1.06. The van der Waals surface area contributed by atoms with Gasteiger partial charge in [-0.3, -0.25) is 4.79 Å². The Morgan fingerprint density at radius 1 is 1.56 bits per heavy atom. The second kappa shape index (κ2) is 5.20. The van der Waals surface area contributed by atoms with Crippen molar-refractivity contribution in [1.82, 2.24) is 10.3 Å². The quantitative estimate of drug-likeness (QED) is 0.602. The van der Waals surface area contributed by atoms with Gasteiger partial charge in [0.1, 0.15) is 6.04 Å². The molecule has 0 aliphatic heterocycles. The summed E-state index contributed by atoms with van der Waals surface area (Å²) in [5.74, 6) is -1.87. The number of hydrogen-bond donors (Lipinski definition) is 1. The van der Waals surface area contributed by atoms with Crippen molar-refractivity contribution in [3.05, 3.63) is 29.8 Å². The number of nitrogens with one attached hydrogen (secondary N) is 1. The van der Waals surface area contributed by atoms with Crippen LogP contribution >= 0.6 is 0 Å². The van der Waals surface area contributed by atoms with Crippen molar-refractivity contribution in [1.29, 1.82) is 0 Å². The van der Waals surface area contributed by atoms with Crippen molar-refractivity contribution in [2.75, 3.05) is 7.11 Å². The smallest absolute Gasteiger partial charge is 0.328 e. The van der Waals surface area contributed by atoms with E-state index < -0.39 is 23.9 Å². The van der Waals surface area contributed by atoms with Gasteiger partial charge in [0.05, 0.1) is 7.11 Å². The van der Waals surface area contributed by atoms with Gasteiger partial charge in [-0.2, -0.15) is 4.39 Å². The maximum atomic E-state index is 12.7. The highest BCUT2D eigenvalue weighted by atomic mass is 19.1. The van der Waals surface area contributed by atoms with Gasteiger partial charge in [0.2, 0.25) is 5.95 Å². The van der Waals surface area contributed by atoms with Gasteiger partial charge in [-0.15, -0.1) is 0 Å². The Bertz CT molecular complexity index is 409. The zero-order chi connectivity index (χ0) is 12.1. The molecule has 1 unspecified atom stereocenters. The highest BCUT2D eigenvalue weighted by Crippen LogP contribution is 2.01. The third-order valence-corrected chi connectivity index (χ3v) is 1.89. The van der Waals surface area contributed by atoms with Gasteiger partial charge in [-0.05, 0) is 13.0 Å². The predicted molar refractivity (Wildman–Crippen MR) is 53.1 cm³/mol. The number of methoxy groups -OCH3 is 1. The molecule has 0 aliphatic carbocycles. The van der Waals surface area contributed by atoms with Crippen LogP contribution in [0.3, 0.4) is 0 Å². The molecule has 0 bridgehead atoms. The van der Waals surface area contributed by atoms with Crippen molar-refractivity contribution in [3.8, 4) is 0 Å². The predicted octanol–water partition coefficient (Wildman–Crippen LogP) is 0.512. The summed E-state index contributed by atoms with van der Waals surface area (Å²) in [7, 11) is 1.22. The number of aromatic nitrogens is 1. The largest absolute Gasteiger partial charge is 0.467 e. The SMILES string of the molecule is COC(=O)C(C)NC(=O)c1ccnc(F)c1. The molecule has 1 atom stereocenters. The molecule has 5 nitrogen and oxygen atoms in total. The molecule has 16 heavy (non-hydrogen) atoms. The lowest BCUT2D eigenvalue weighted by atomic mass is 10.2. The molecule has 1 aromatic heterocycles. The topological polar surface area (TPSA) is 68.3 Å². The molecule has 1 N–H and O–H groups in total. The Hall–Kier alpha value is -1.98. The maximum absolute atomic E-state index is 12.7. The first-order chi connectivity index (χ1) is 7.54. The molecule has 1 heterocycles. The molecule has 0 saturated heterocycles. The normalized spacial score (nSPS) is 11.7. The Labute approximate surface area is 91.6 Å². The monoisotopic (exact) mass is 226 g/mol. The summed E-state index contributed by atoms with van der Waals surface area (Å²) in [6.07, 6.45) is 1.17. The summed E-state index contributed by atoms with van der Waals surface area (Å²) in [6.45, 7) is 1.47. The molecular weight excluding hydrogens is 215 g/mol. The minimum Gasteiger partial charge on any atom is -0.467 e. The highest BCUT2D eigenvalue weighted by molar-refractivity contribution is 5.96. The second-order valence-electron chi connectivity index (χ2n) is 3.09. The van der Waals surface area contributed by atoms with Crippen molar-refractivity contribution in [3.63, 3.8) is 0 Å². The van der Waals surface area contributed by atoms with E-state index in [0.29, 0.717) is 0 Å². The van der Waals surface area contributed by atoms with Crippen LogP contribution in [0, 0.1) is 5.95 Å². The minimum atomic E-state index is -0.784. The van der Waals surface area contributed by atoms with E-state index in [0.717, 1.165) is 6.07 Å². The van der Waals surface area contributed by atoms with Crippen LogP contribution in [0.15, 0.2) is 18.3 Å². The summed E-state index contributed by atoms with van der Waals surface area (Å²) in [5.41, 5.74) is 0.100. The van der Waals surface area contributed by atoms with E-state index in [1.165, 1.54) is 26.3 Å². The minimum absolute atomic E-state index is 0.100. The highest BCUT2D eigenvalue weighted by Gasteiger charge is 2.16. The molecule has 0 radical (unpaired) electrons. The van der Waals surface area contributed by atoms with Crippen molar-refractivity contribution >= 4 is 11.9 Å². The number of hydrogen-bond acceptors (Lipinski definition) is 4. The van der Waals surface area contributed by atoms with Crippen LogP contribution in [0.1, 0.15) is 17.3 Å². The molecule has 0 fully saturated rings. The van der Waals surface area contributed by atoms with Gasteiger partial charge >= 0.3 is 5.97 Å². The number of ether oxygens (including phenoxy) is 1. The third-order valence-electron chi connectivity index (χ3n) is 1.89. The van der Waals surface area contributed by atoms with E-state index in [1.807, 2.05) is 0 Å². The maximum Gasteiger partial charge on any atom is 0.328 e. The van der Waals surface area contributed by atoms with E-state index in [2.05, 4.69) is 15.0 Å². The van der Waals surface area contributed by atoms with E-state index in [4.69, 9.17) is 0 Å². The van der Waals surface area contributed by atoms with Crippen molar-refractivity contribution in [2.24, 2.45) is 0 Å². The number of esters is 1. The van der Waals surface area contributed by atoms with Crippen LogP contribution in [0.4, 0.5) is 4.39 Å². The third kappa shape index (κ3) is 3.01. The average molecular weight is 226 g/mol. The Morgan fingerprint density at radius 3 is 2.81 bits per heavy atom. The summed E-state index contributed by atoms with van der Waals surface area (Å²) in [5, 5.41) is 2.37. The van der Waals surface area contributed by atoms with Gasteiger partial charge in [0, 0.05) is 17.8 Å². The molecule has 0 saturated carbocycles. The zero-order valence-electron chi connectivity index (χ0n) is 8.86. The molecule has 1 aromatic rings. The van der Waals surface area contributed by atoms with Crippen LogP contribution in [0.5, 0.6) is 0 Å². The summed E-state index contributed by atoms with van der Waals surface area (Å²) >= 11 is 0. The number of amides is 1. The van der Waals surface area contributed by atoms with E-state index >= 15 is 0 Å². The lowest BCUT2D eigenvalue weighted by molar-refractivity contribution is -0.142. The fraction of sp³-hybridized carbons (Fsp3) is 0.300. The molecular formula is C10H11FN2O3. The van der Waals surface area contributed by atoms with Crippen LogP contribution < -0.4 is 5.32 Å². The number of halogens is 1. The van der Waals surface area contributed by atoms with Crippen LogP contribution in [0.25, 0.3) is 0 Å². The first-order valence-corrected chi connectivity index (χ1v) is 4.55. The van der Waals surface area contributed by atoms with Crippen molar-refractivity contribution < 1.29 is 18.7 Å². The van der Waals surface area contributed by atoms with Crippen LogP contribution in [-0.2, 0) is 9.53 Å². The first kappa shape index (κ1) is 12.1. The molecule has 1 rings (SSSR count). The van der Waals surface area contributed by atoms with E-state index in [1.54, 1.807) is 0 Å². The Kier molecular flexibility index (Phi) is 3.93. The summed E-state index contributed by atoms with van der Waals surface area (Å²) in [6, 6.07) is 1.55. The van der Waals surface area contributed by atoms with Gasteiger partial charge in [0.25, 0.3) is 5.91 Å². The van der Waals surface area contributed by atoms with Crippen LogP contribution in [-0.4, -0.2) is 30.0 Å². The van der Waals surface area contributed by atoms with Gasteiger partial charge in [-0.25, -0.2) is 9.78 Å².